The molecule has 6 heteroatoms. The van der Waals surface area contributed by atoms with Crippen LogP contribution in [-0.2, 0) is 16.8 Å². The smallest absolute Gasteiger partial charge is 0.299 e. The summed E-state index contributed by atoms with van der Waals surface area (Å²) in [5, 5.41) is 10.8. The summed E-state index contributed by atoms with van der Waals surface area (Å²) < 4.78 is 28.8. The first kappa shape index (κ1) is 23.0. The number of hydrogen-bond donors (Lipinski definition) is 2. The Balaban J connectivity index is 1.94. The van der Waals surface area contributed by atoms with Crippen LogP contribution in [0.25, 0.3) is 10.9 Å². The molecule has 1 aromatic heterocycles. The first-order valence-electron chi connectivity index (χ1n) is 11.3. The zero-order valence-corrected chi connectivity index (χ0v) is 19.1. The highest BCUT2D eigenvalue weighted by Crippen LogP contribution is 2.43. The van der Waals surface area contributed by atoms with E-state index in [1.165, 1.54) is 6.07 Å². The van der Waals surface area contributed by atoms with Gasteiger partial charge in [-0.05, 0) is 55.4 Å². The number of nitrogens with zero attached hydrogens (tertiary/aromatic N) is 1. The van der Waals surface area contributed by atoms with Crippen LogP contribution in [0, 0.1) is 24.0 Å². The van der Waals surface area contributed by atoms with Crippen LogP contribution >= 0.6 is 0 Å². The van der Waals surface area contributed by atoms with Crippen LogP contribution in [0.5, 0.6) is 0 Å². The van der Waals surface area contributed by atoms with Gasteiger partial charge in [0.1, 0.15) is 11.6 Å². The minimum absolute atomic E-state index is 0.203. The molecule has 4 nitrogen and oxygen atoms in total. The number of fused-ring (bicyclic) bond motifs is 3. The van der Waals surface area contributed by atoms with Crippen molar-refractivity contribution in [3.05, 3.63) is 70.4 Å². The minimum Gasteiger partial charge on any atom is -0.386 e. The number of H-pyrrole nitrogens is 1. The summed E-state index contributed by atoms with van der Waals surface area (Å²) in [5.41, 5.74) is 2.16. The largest absolute Gasteiger partial charge is 0.386 e. The molecule has 1 amide bonds. The number of benzene rings is 2. The number of nitrogens with one attached hydrogen (secondary N) is 1. The number of carbonyl (C=O) groups is 1. The Morgan fingerprint density at radius 3 is 2.58 bits per heavy atom. The fourth-order valence-electron chi connectivity index (χ4n) is 4.87. The number of aromatic nitrogens is 1. The molecule has 2 atom stereocenters. The molecule has 4 rings (SSSR count). The predicted molar refractivity (Wildman–Crippen MR) is 124 cm³/mol. The van der Waals surface area contributed by atoms with Crippen molar-refractivity contribution in [3.63, 3.8) is 0 Å². The molecule has 0 radical (unpaired) electrons. The van der Waals surface area contributed by atoms with Gasteiger partial charge < -0.3 is 15.0 Å². The summed E-state index contributed by atoms with van der Waals surface area (Å²) in [7, 11) is 0. The fourth-order valence-corrected chi connectivity index (χ4v) is 4.87. The maximum atomic E-state index is 14.7. The number of aliphatic hydroxyl groups is 1. The summed E-state index contributed by atoms with van der Waals surface area (Å²) in [6.07, 6.45) is 8.59. The van der Waals surface area contributed by atoms with Crippen molar-refractivity contribution >= 4 is 16.8 Å². The van der Waals surface area contributed by atoms with Crippen LogP contribution in [0.3, 0.4) is 0 Å². The van der Waals surface area contributed by atoms with E-state index >= 15 is 0 Å². The Bertz CT molecular complexity index is 1230. The lowest BCUT2D eigenvalue weighted by molar-refractivity contribution is -0.130. The highest BCUT2D eigenvalue weighted by Gasteiger charge is 2.40. The molecule has 2 N–H and O–H groups in total. The van der Waals surface area contributed by atoms with Gasteiger partial charge in [0, 0.05) is 23.2 Å². The zero-order valence-electron chi connectivity index (χ0n) is 19.1. The first-order chi connectivity index (χ1) is 15.7. The van der Waals surface area contributed by atoms with Gasteiger partial charge in [-0.2, -0.15) is 0 Å². The van der Waals surface area contributed by atoms with Crippen LogP contribution in [0.15, 0.2) is 36.4 Å². The van der Waals surface area contributed by atoms with Crippen LogP contribution in [0.1, 0.15) is 68.5 Å². The van der Waals surface area contributed by atoms with E-state index < -0.39 is 29.2 Å². The average Bonchev–Trinajstić information content (AvgIpc) is 3.14. The molecule has 0 aliphatic carbocycles. The summed E-state index contributed by atoms with van der Waals surface area (Å²) in [5.74, 6) is 0.510. The van der Waals surface area contributed by atoms with Crippen molar-refractivity contribution < 1.29 is 18.7 Å². The number of unbranched alkanes of at least 4 members (excludes halogenated alkanes) is 1. The first-order valence-corrected chi connectivity index (χ1v) is 11.3. The van der Waals surface area contributed by atoms with Gasteiger partial charge in [0.15, 0.2) is 0 Å². The Kier molecular flexibility index (Phi) is 6.02. The van der Waals surface area contributed by atoms with E-state index in [-0.39, 0.29) is 11.6 Å². The van der Waals surface area contributed by atoms with Crippen LogP contribution in [0.2, 0.25) is 0 Å². The molecule has 0 bridgehead atoms. The molecule has 0 saturated heterocycles. The van der Waals surface area contributed by atoms with Gasteiger partial charge in [-0.25, -0.2) is 8.78 Å². The molecule has 2 aromatic carbocycles. The van der Waals surface area contributed by atoms with Crippen LogP contribution in [-0.4, -0.2) is 26.9 Å². The third-order valence-electron chi connectivity index (χ3n) is 6.53. The summed E-state index contributed by atoms with van der Waals surface area (Å²) in [4.78, 5) is 17.8. The van der Waals surface area contributed by atoms with Gasteiger partial charge in [-0.3, -0.25) is 4.79 Å². The van der Waals surface area contributed by atoms with Gasteiger partial charge in [0.05, 0.1) is 17.2 Å². The van der Waals surface area contributed by atoms with Crippen molar-refractivity contribution in [1.82, 2.24) is 9.88 Å². The topological polar surface area (TPSA) is 56.3 Å². The van der Waals surface area contributed by atoms with Gasteiger partial charge in [0.25, 0.3) is 5.91 Å². The van der Waals surface area contributed by atoms with E-state index in [2.05, 4.69) is 17.8 Å². The monoisotopic (exact) mass is 450 g/mol. The number of terminal acetylenes is 1. The average molecular weight is 451 g/mol. The highest BCUT2D eigenvalue weighted by molar-refractivity contribution is 5.95. The molecule has 2 heterocycles. The van der Waals surface area contributed by atoms with Gasteiger partial charge >= 0.3 is 0 Å². The highest BCUT2D eigenvalue weighted by atomic mass is 19.1. The second kappa shape index (κ2) is 8.64. The van der Waals surface area contributed by atoms with Crippen molar-refractivity contribution in [2.45, 2.75) is 64.1 Å². The maximum absolute atomic E-state index is 14.7. The van der Waals surface area contributed by atoms with Gasteiger partial charge in [-0.1, -0.05) is 44.0 Å². The number of carbonyl (C=O) groups excluding carboxylic acids is 1. The molecule has 172 valence electrons. The Hall–Kier alpha value is -3.17. The molecule has 0 fully saturated rings. The summed E-state index contributed by atoms with van der Waals surface area (Å²) in [6, 6.07) is 8.74. The second-order valence-corrected chi connectivity index (χ2v) is 9.27. The van der Waals surface area contributed by atoms with Crippen molar-refractivity contribution in [2.75, 3.05) is 0 Å². The molecule has 1 aliphatic rings. The lowest BCUT2D eigenvalue weighted by Gasteiger charge is -2.41. The maximum Gasteiger partial charge on any atom is 0.299 e. The number of aromatic amines is 1. The van der Waals surface area contributed by atoms with E-state index in [9.17, 15) is 18.7 Å². The molecule has 0 unspecified atom stereocenters. The van der Waals surface area contributed by atoms with Gasteiger partial charge in [-0.15, -0.1) is 6.42 Å². The molecule has 0 saturated carbocycles. The normalized spacial score (nSPS) is 18.3. The molecule has 1 aliphatic heterocycles. The minimum atomic E-state index is -1.02. The number of halogens is 2. The van der Waals surface area contributed by atoms with E-state index in [1.54, 1.807) is 18.7 Å². The third kappa shape index (κ3) is 4.14. The summed E-state index contributed by atoms with van der Waals surface area (Å²) in [6.45, 7) is 5.47. The molecule has 33 heavy (non-hydrogen) atoms. The Morgan fingerprint density at radius 2 is 1.97 bits per heavy atom. The Morgan fingerprint density at radius 1 is 1.27 bits per heavy atom. The van der Waals surface area contributed by atoms with E-state index in [4.69, 9.17) is 6.42 Å². The zero-order chi connectivity index (χ0) is 23.9. The molecular weight excluding hydrogens is 422 g/mol. The fraction of sp³-hybridized carbons (Fsp3) is 0.370. The Labute approximate surface area is 192 Å². The predicted octanol–water partition coefficient (Wildman–Crippen LogP) is 5.34. The quantitative estimate of drug-likeness (QED) is 0.516. The molecule has 0 spiro atoms. The lowest BCUT2D eigenvalue weighted by Crippen LogP contribution is -2.47. The standard InChI is InChI=1S/C27H28F2N2O2/c1-5-7-8-19-15-21-20-13-18(28)14-22(29)24(20)30-25(21)26(31(19)23(32)6-2)16-9-11-17(12-10-16)27(3,4)33/h2,9-14,19,26,30,33H,5,7-8,15H2,1,3-4H3/t19-,26-/m0/s1. The van der Waals surface area contributed by atoms with E-state index in [0.717, 1.165) is 42.0 Å². The lowest BCUT2D eigenvalue weighted by atomic mass is 9.85. The van der Waals surface area contributed by atoms with Crippen molar-refractivity contribution in [2.24, 2.45) is 0 Å². The SMILES string of the molecule is C#CC(=O)N1[C@@H](CCCC)Cc2c([nH]c3c(F)cc(F)cc23)[C@@H]1c1ccc(C(C)(C)O)cc1. The number of rotatable bonds is 5. The number of amides is 1. The summed E-state index contributed by atoms with van der Waals surface area (Å²) >= 11 is 0. The van der Waals surface area contributed by atoms with Gasteiger partial charge in [0.2, 0.25) is 0 Å². The van der Waals surface area contributed by atoms with E-state index in [0.29, 0.717) is 17.5 Å². The number of hydrogen-bond acceptors (Lipinski definition) is 2. The van der Waals surface area contributed by atoms with Crippen molar-refractivity contribution in [3.8, 4) is 12.3 Å². The van der Waals surface area contributed by atoms with Crippen LogP contribution in [0.4, 0.5) is 8.78 Å². The van der Waals surface area contributed by atoms with E-state index in [1.807, 2.05) is 24.3 Å². The molecule has 3 aromatic rings. The molecular formula is C27H28F2N2O2. The second-order valence-electron chi connectivity index (χ2n) is 9.27. The third-order valence-corrected chi connectivity index (χ3v) is 6.53. The van der Waals surface area contributed by atoms with Crippen LogP contribution < -0.4 is 0 Å². The van der Waals surface area contributed by atoms with Crippen molar-refractivity contribution in [1.29, 1.82) is 0 Å².